The molecule has 0 saturated carbocycles. The Morgan fingerprint density at radius 1 is 1.35 bits per heavy atom. The fourth-order valence-electron chi connectivity index (χ4n) is 2.74. The third kappa shape index (κ3) is 2.67. The van der Waals surface area contributed by atoms with Crippen LogP contribution in [0.15, 0.2) is 35.6 Å². The van der Waals surface area contributed by atoms with Crippen molar-refractivity contribution >= 4 is 11.6 Å². The molecule has 23 heavy (non-hydrogen) atoms. The molecule has 1 aromatic heterocycles. The minimum atomic E-state index is -0.202. The number of amides is 1. The second-order valence-electron chi connectivity index (χ2n) is 5.47. The summed E-state index contributed by atoms with van der Waals surface area (Å²) in [4.78, 5) is 12.7. The molecule has 1 aliphatic rings. The Labute approximate surface area is 134 Å². The molecule has 2 heterocycles. The molecule has 0 atom stereocenters. The number of fused-ring (bicyclic) bond motifs is 1. The molecule has 120 valence electrons. The Hall–Kier alpha value is -2.76. The van der Waals surface area contributed by atoms with Crippen LogP contribution in [-0.4, -0.2) is 22.8 Å². The van der Waals surface area contributed by atoms with Gasteiger partial charge < -0.3 is 14.8 Å². The summed E-state index contributed by atoms with van der Waals surface area (Å²) in [6.45, 7) is 3.63. The van der Waals surface area contributed by atoms with Gasteiger partial charge in [0.15, 0.2) is 0 Å². The minimum Gasteiger partial charge on any atom is -0.480 e. The Morgan fingerprint density at radius 2 is 2.09 bits per heavy atom. The molecule has 3 rings (SSSR count). The maximum absolute atomic E-state index is 12.7. The van der Waals surface area contributed by atoms with Crippen molar-refractivity contribution in [3.8, 4) is 11.6 Å². The zero-order valence-electron chi connectivity index (χ0n) is 13.6. The number of ether oxygens (including phenoxy) is 2. The summed E-state index contributed by atoms with van der Waals surface area (Å²) in [7, 11) is 3.32. The highest BCUT2D eigenvalue weighted by Crippen LogP contribution is 2.32. The van der Waals surface area contributed by atoms with Crippen LogP contribution in [0.1, 0.15) is 18.2 Å². The number of carbonyl (C=O) groups is 1. The second kappa shape index (κ2) is 5.79. The van der Waals surface area contributed by atoms with Crippen molar-refractivity contribution in [2.45, 2.75) is 20.3 Å². The Morgan fingerprint density at radius 3 is 2.83 bits per heavy atom. The van der Waals surface area contributed by atoms with Gasteiger partial charge in [0.25, 0.3) is 5.91 Å². The first-order chi connectivity index (χ1) is 11.0. The second-order valence-corrected chi connectivity index (χ2v) is 5.47. The van der Waals surface area contributed by atoms with Crippen LogP contribution in [0.4, 0.5) is 5.69 Å². The Bertz CT molecular complexity index is 805. The molecular weight excluding hydrogens is 294 g/mol. The summed E-state index contributed by atoms with van der Waals surface area (Å²) < 4.78 is 12.7. The van der Waals surface area contributed by atoms with Crippen LogP contribution in [-0.2, 0) is 18.3 Å². The number of carbonyl (C=O) groups excluding carboxylic acids is 1. The number of rotatable bonds is 3. The number of methoxy groups -OCH3 is 1. The van der Waals surface area contributed by atoms with Gasteiger partial charge in [-0.05, 0) is 25.5 Å². The van der Waals surface area contributed by atoms with Crippen molar-refractivity contribution in [3.63, 3.8) is 0 Å². The number of nitrogens with one attached hydrogen (secondary N) is 1. The van der Waals surface area contributed by atoms with E-state index in [4.69, 9.17) is 9.47 Å². The predicted molar refractivity (Wildman–Crippen MR) is 86.6 cm³/mol. The number of para-hydroxylation sites is 1. The number of anilines is 1. The lowest BCUT2D eigenvalue weighted by atomic mass is 10.00. The molecule has 0 spiro atoms. The third-order valence-corrected chi connectivity index (χ3v) is 3.90. The van der Waals surface area contributed by atoms with Gasteiger partial charge in [0.2, 0.25) is 5.88 Å². The van der Waals surface area contributed by atoms with Gasteiger partial charge in [-0.25, -0.2) is 4.68 Å². The van der Waals surface area contributed by atoms with Crippen LogP contribution in [0.3, 0.4) is 0 Å². The number of benzene rings is 1. The lowest BCUT2D eigenvalue weighted by molar-refractivity contribution is -0.113. The fourth-order valence-corrected chi connectivity index (χ4v) is 2.74. The smallest absolute Gasteiger partial charge is 0.255 e. The van der Waals surface area contributed by atoms with Crippen LogP contribution in [0, 0.1) is 6.92 Å². The molecule has 0 saturated heterocycles. The first-order valence-electron chi connectivity index (χ1n) is 7.35. The van der Waals surface area contributed by atoms with Crippen molar-refractivity contribution in [2.24, 2.45) is 7.05 Å². The molecule has 1 N–H and O–H groups in total. The topological polar surface area (TPSA) is 65.4 Å². The van der Waals surface area contributed by atoms with Crippen LogP contribution < -0.4 is 14.8 Å². The largest absolute Gasteiger partial charge is 0.480 e. The Kier molecular flexibility index (Phi) is 3.82. The van der Waals surface area contributed by atoms with Gasteiger partial charge in [-0.15, -0.1) is 0 Å². The highest BCUT2D eigenvalue weighted by atomic mass is 16.5. The molecule has 0 bridgehead atoms. The highest BCUT2D eigenvalue weighted by Gasteiger charge is 2.24. The summed E-state index contributed by atoms with van der Waals surface area (Å²) in [5.41, 5.74) is 2.89. The average molecular weight is 313 g/mol. The number of hydrogen-bond donors (Lipinski definition) is 1. The molecule has 0 fully saturated rings. The van der Waals surface area contributed by atoms with Crippen LogP contribution >= 0.6 is 0 Å². The zero-order chi connectivity index (χ0) is 16.6. The normalized spacial score (nSPS) is 13.4. The standard InChI is InChI=1S/C17H19N3O3/c1-10-15(17(22-4)20(3)19-10)18-16(21)13-9-12-7-5-6-8-14(12)23-11(13)2/h5-8H,9H2,1-4H3,(H,18,21). The van der Waals surface area contributed by atoms with E-state index in [-0.39, 0.29) is 5.91 Å². The lowest BCUT2D eigenvalue weighted by Gasteiger charge is -2.21. The van der Waals surface area contributed by atoms with Gasteiger partial charge in [0.1, 0.15) is 17.2 Å². The molecule has 0 radical (unpaired) electrons. The van der Waals surface area contributed by atoms with E-state index in [0.717, 1.165) is 11.3 Å². The number of aryl methyl sites for hydroxylation is 2. The minimum absolute atomic E-state index is 0.202. The van der Waals surface area contributed by atoms with Gasteiger partial charge in [-0.2, -0.15) is 5.10 Å². The van der Waals surface area contributed by atoms with Gasteiger partial charge in [0, 0.05) is 13.5 Å². The molecule has 1 aromatic carbocycles. The Balaban J connectivity index is 1.87. The number of hydrogen-bond acceptors (Lipinski definition) is 4. The molecule has 0 unspecified atom stereocenters. The SMILES string of the molecule is COc1c(NC(=O)C2=C(C)Oc3ccccc3C2)c(C)nn1C. The monoisotopic (exact) mass is 313 g/mol. The summed E-state index contributed by atoms with van der Waals surface area (Å²) in [6, 6.07) is 7.72. The van der Waals surface area contributed by atoms with Crippen molar-refractivity contribution in [1.29, 1.82) is 0 Å². The average Bonchev–Trinajstić information content (AvgIpc) is 2.79. The quantitative estimate of drug-likeness (QED) is 0.946. The number of nitrogens with zero attached hydrogens (tertiary/aromatic N) is 2. The van der Waals surface area contributed by atoms with E-state index in [9.17, 15) is 4.79 Å². The molecule has 2 aromatic rings. The summed E-state index contributed by atoms with van der Waals surface area (Å²) in [5.74, 6) is 1.73. The van der Waals surface area contributed by atoms with E-state index in [1.54, 1.807) is 25.8 Å². The fraction of sp³-hybridized carbons (Fsp3) is 0.294. The molecular formula is C17H19N3O3. The van der Waals surface area contributed by atoms with Gasteiger partial charge in [0.05, 0.1) is 18.4 Å². The summed E-state index contributed by atoms with van der Waals surface area (Å²) >= 11 is 0. The van der Waals surface area contributed by atoms with Crippen molar-refractivity contribution in [2.75, 3.05) is 12.4 Å². The molecule has 6 nitrogen and oxygen atoms in total. The van der Waals surface area contributed by atoms with Gasteiger partial charge in [-0.1, -0.05) is 18.2 Å². The van der Waals surface area contributed by atoms with Crippen molar-refractivity contribution in [1.82, 2.24) is 9.78 Å². The van der Waals surface area contributed by atoms with E-state index in [1.165, 1.54) is 0 Å². The third-order valence-electron chi connectivity index (χ3n) is 3.90. The van der Waals surface area contributed by atoms with Crippen LogP contribution in [0.2, 0.25) is 0 Å². The number of allylic oxidation sites excluding steroid dienone is 1. The van der Waals surface area contributed by atoms with Crippen molar-refractivity contribution < 1.29 is 14.3 Å². The lowest BCUT2D eigenvalue weighted by Crippen LogP contribution is -2.22. The molecule has 1 aliphatic heterocycles. The predicted octanol–water partition coefficient (Wildman–Crippen LogP) is 2.58. The molecule has 6 heteroatoms. The van der Waals surface area contributed by atoms with E-state index >= 15 is 0 Å². The maximum Gasteiger partial charge on any atom is 0.255 e. The van der Waals surface area contributed by atoms with Gasteiger partial charge >= 0.3 is 0 Å². The van der Waals surface area contributed by atoms with E-state index in [2.05, 4.69) is 10.4 Å². The summed E-state index contributed by atoms with van der Waals surface area (Å²) in [6.07, 6.45) is 0.537. The van der Waals surface area contributed by atoms with Gasteiger partial charge in [-0.3, -0.25) is 4.79 Å². The highest BCUT2D eigenvalue weighted by molar-refractivity contribution is 6.05. The molecule has 0 aliphatic carbocycles. The van der Waals surface area contributed by atoms with Crippen LogP contribution in [0.25, 0.3) is 0 Å². The van der Waals surface area contributed by atoms with Crippen molar-refractivity contribution in [3.05, 3.63) is 46.9 Å². The number of aromatic nitrogens is 2. The van der Waals surface area contributed by atoms with E-state index in [0.29, 0.717) is 35.0 Å². The molecule has 1 amide bonds. The maximum atomic E-state index is 12.7. The first-order valence-corrected chi connectivity index (χ1v) is 7.35. The van der Waals surface area contributed by atoms with E-state index < -0.39 is 0 Å². The first kappa shape index (κ1) is 15.1. The van der Waals surface area contributed by atoms with Crippen LogP contribution in [0.5, 0.6) is 11.6 Å². The zero-order valence-corrected chi connectivity index (χ0v) is 13.6. The van der Waals surface area contributed by atoms with E-state index in [1.807, 2.05) is 31.2 Å². The summed E-state index contributed by atoms with van der Waals surface area (Å²) in [5, 5.41) is 7.16.